The van der Waals surface area contributed by atoms with Crippen LogP contribution in [0.1, 0.15) is 28.9 Å². The van der Waals surface area contributed by atoms with Gasteiger partial charge in [0, 0.05) is 38.4 Å². The Balaban J connectivity index is 1.21. The summed E-state index contributed by atoms with van der Waals surface area (Å²) in [7, 11) is 0. The summed E-state index contributed by atoms with van der Waals surface area (Å²) in [5, 5.41) is 4.72. The molecule has 1 fully saturated rings. The summed E-state index contributed by atoms with van der Waals surface area (Å²) in [5.74, 6) is 6.68. The number of hydrogen-bond acceptors (Lipinski definition) is 3. The molecule has 136 valence electrons. The van der Waals surface area contributed by atoms with Gasteiger partial charge in [-0.2, -0.15) is 5.10 Å². The first kappa shape index (κ1) is 17.3. The first-order valence-electron chi connectivity index (χ1n) is 9.79. The third-order valence-electron chi connectivity index (χ3n) is 5.62. The van der Waals surface area contributed by atoms with Gasteiger partial charge in [0.15, 0.2) is 0 Å². The van der Waals surface area contributed by atoms with Gasteiger partial charge in [0.25, 0.3) is 0 Å². The van der Waals surface area contributed by atoms with Crippen molar-refractivity contribution in [2.24, 2.45) is 0 Å². The molecule has 4 rings (SSSR count). The maximum atomic E-state index is 4.72. The van der Waals surface area contributed by atoms with E-state index in [4.69, 9.17) is 5.10 Å². The molecule has 0 bridgehead atoms. The van der Waals surface area contributed by atoms with Gasteiger partial charge in [0.1, 0.15) is 6.54 Å². The Morgan fingerprint density at radius 3 is 2.42 bits per heavy atom. The van der Waals surface area contributed by atoms with Crippen molar-refractivity contribution in [3.8, 4) is 11.8 Å². The van der Waals surface area contributed by atoms with Crippen LogP contribution in [-0.2, 0) is 25.9 Å². The molecular weight excluding hydrogens is 320 g/mol. The van der Waals surface area contributed by atoms with Crippen molar-refractivity contribution in [3.63, 3.8) is 0 Å². The molecule has 2 heterocycles. The molecule has 1 aliphatic carbocycles. The predicted molar refractivity (Wildman–Crippen MR) is 105 cm³/mol. The first-order valence-corrected chi connectivity index (χ1v) is 9.79. The fourth-order valence-corrected chi connectivity index (χ4v) is 4.00. The van der Waals surface area contributed by atoms with Crippen molar-refractivity contribution in [3.05, 3.63) is 52.8 Å². The Morgan fingerprint density at radius 2 is 1.65 bits per heavy atom. The number of hydrogen-bond donors (Lipinski definition) is 0. The lowest BCUT2D eigenvalue weighted by Crippen LogP contribution is -2.45. The Morgan fingerprint density at radius 1 is 0.923 bits per heavy atom. The summed E-state index contributed by atoms with van der Waals surface area (Å²) in [6, 6.07) is 10.8. The fourth-order valence-electron chi connectivity index (χ4n) is 4.00. The second-order valence-corrected chi connectivity index (χ2v) is 7.41. The molecule has 0 N–H and O–H groups in total. The van der Waals surface area contributed by atoms with Gasteiger partial charge in [-0.15, -0.1) is 0 Å². The smallest absolute Gasteiger partial charge is 0.102 e. The van der Waals surface area contributed by atoms with E-state index < -0.39 is 0 Å². The summed E-state index contributed by atoms with van der Waals surface area (Å²) in [5.41, 5.74) is 5.50. The van der Waals surface area contributed by atoms with Gasteiger partial charge in [-0.1, -0.05) is 42.2 Å². The van der Waals surface area contributed by atoms with E-state index in [0.29, 0.717) is 0 Å². The van der Waals surface area contributed by atoms with E-state index in [1.54, 1.807) is 0 Å². The second-order valence-electron chi connectivity index (χ2n) is 7.41. The molecule has 0 saturated carbocycles. The summed E-state index contributed by atoms with van der Waals surface area (Å²) in [4.78, 5) is 5.00. The lowest BCUT2D eigenvalue weighted by Gasteiger charge is -2.33. The number of piperazine rings is 1. The average Bonchev–Trinajstić information content (AvgIpc) is 3.24. The Bertz CT molecular complexity index is 789. The van der Waals surface area contributed by atoms with Crippen LogP contribution in [0.3, 0.4) is 0 Å². The lowest BCUT2D eigenvalue weighted by atomic mass is 10.2. The average molecular weight is 348 g/mol. The SMILES string of the molecule is Cc1c2c(nn1CC#CCN1CCN(Cc3ccccc3)CC1)CCC2. The van der Waals surface area contributed by atoms with E-state index >= 15 is 0 Å². The zero-order valence-electron chi connectivity index (χ0n) is 15.7. The number of benzene rings is 1. The highest BCUT2D eigenvalue weighted by atomic mass is 15.3. The minimum Gasteiger partial charge on any atom is -0.297 e. The minimum atomic E-state index is 0.729. The van der Waals surface area contributed by atoms with Crippen LogP contribution in [0.5, 0.6) is 0 Å². The quantitative estimate of drug-likeness (QED) is 0.794. The van der Waals surface area contributed by atoms with Gasteiger partial charge < -0.3 is 0 Å². The Labute approximate surface area is 156 Å². The highest BCUT2D eigenvalue weighted by Crippen LogP contribution is 2.23. The van der Waals surface area contributed by atoms with Gasteiger partial charge in [0.05, 0.1) is 12.2 Å². The van der Waals surface area contributed by atoms with Crippen LogP contribution in [0.4, 0.5) is 0 Å². The number of rotatable bonds is 4. The topological polar surface area (TPSA) is 24.3 Å². The molecule has 4 nitrogen and oxygen atoms in total. The molecule has 0 atom stereocenters. The van der Waals surface area contributed by atoms with Crippen molar-refractivity contribution >= 4 is 0 Å². The third kappa shape index (κ3) is 4.00. The molecule has 1 saturated heterocycles. The van der Waals surface area contributed by atoms with Crippen LogP contribution >= 0.6 is 0 Å². The van der Waals surface area contributed by atoms with Crippen molar-refractivity contribution in [1.82, 2.24) is 19.6 Å². The van der Waals surface area contributed by atoms with E-state index in [-0.39, 0.29) is 0 Å². The van der Waals surface area contributed by atoms with Crippen LogP contribution in [0.25, 0.3) is 0 Å². The van der Waals surface area contributed by atoms with Gasteiger partial charge in [-0.3, -0.25) is 14.5 Å². The lowest BCUT2D eigenvalue weighted by molar-refractivity contribution is 0.138. The van der Waals surface area contributed by atoms with Crippen LogP contribution in [-0.4, -0.2) is 52.3 Å². The molecule has 0 amide bonds. The summed E-state index contributed by atoms with van der Waals surface area (Å²) < 4.78 is 2.09. The zero-order valence-corrected chi connectivity index (χ0v) is 15.7. The third-order valence-corrected chi connectivity index (χ3v) is 5.62. The fraction of sp³-hybridized carbons (Fsp3) is 0.500. The van der Waals surface area contributed by atoms with Gasteiger partial charge in [-0.05, 0) is 37.3 Å². The molecule has 1 aromatic carbocycles. The number of nitrogens with zero attached hydrogens (tertiary/aromatic N) is 4. The van der Waals surface area contributed by atoms with Crippen molar-refractivity contribution in [2.45, 2.75) is 39.3 Å². The molecule has 26 heavy (non-hydrogen) atoms. The zero-order chi connectivity index (χ0) is 17.8. The molecule has 0 unspecified atom stereocenters. The highest BCUT2D eigenvalue weighted by Gasteiger charge is 2.19. The minimum absolute atomic E-state index is 0.729. The summed E-state index contributed by atoms with van der Waals surface area (Å²) in [6.45, 7) is 9.32. The molecule has 0 radical (unpaired) electrons. The molecule has 1 aliphatic heterocycles. The van der Waals surface area contributed by atoms with Gasteiger partial charge >= 0.3 is 0 Å². The first-order chi connectivity index (χ1) is 12.8. The van der Waals surface area contributed by atoms with E-state index in [9.17, 15) is 0 Å². The largest absolute Gasteiger partial charge is 0.297 e. The van der Waals surface area contributed by atoms with Crippen molar-refractivity contribution in [2.75, 3.05) is 32.7 Å². The van der Waals surface area contributed by atoms with Gasteiger partial charge in [-0.25, -0.2) is 0 Å². The molecule has 0 spiro atoms. The van der Waals surface area contributed by atoms with E-state index in [2.05, 4.69) is 63.6 Å². The molecule has 1 aromatic heterocycles. The van der Waals surface area contributed by atoms with E-state index in [1.165, 1.54) is 35.4 Å². The number of aromatic nitrogens is 2. The van der Waals surface area contributed by atoms with E-state index in [1.807, 2.05) is 0 Å². The maximum absolute atomic E-state index is 4.72. The standard InChI is InChI=1S/C22H28N4/c1-19-21-10-7-11-22(21)23-26(19)13-6-5-12-24-14-16-25(17-15-24)18-20-8-3-2-4-9-20/h2-4,8-9H,7,10-18H2,1H3. The van der Waals surface area contributed by atoms with Crippen LogP contribution in [0.2, 0.25) is 0 Å². The van der Waals surface area contributed by atoms with Crippen molar-refractivity contribution in [1.29, 1.82) is 0 Å². The summed E-state index contributed by atoms with van der Waals surface area (Å²) in [6.07, 6.45) is 3.60. The normalized spacial score (nSPS) is 17.7. The monoisotopic (exact) mass is 348 g/mol. The summed E-state index contributed by atoms with van der Waals surface area (Å²) >= 11 is 0. The number of fused-ring (bicyclic) bond motifs is 1. The molecule has 2 aliphatic rings. The predicted octanol–water partition coefficient (Wildman–Crippen LogP) is 2.50. The highest BCUT2D eigenvalue weighted by molar-refractivity contribution is 5.30. The molecule has 2 aromatic rings. The maximum Gasteiger partial charge on any atom is 0.102 e. The van der Waals surface area contributed by atoms with Crippen molar-refractivity contribution < 1.29 is 0 Å². The molecular formula is C22H28N4. The second kappa shape index (κ2) is 8.07. The van der Waals surface area contributed by atoms with E-state index in [0.717, 1.165) is 52.2 Å². The van der Waals surface area contributed by atoms with Gasteiger partial charge in [0.2, 0.25) is 0 Å². The van der Waals surface area contributed by atoms with Crippen LogP contribution in [0.15, 0.2) is 30.3 Å². The number of aryl methyl sites for hydroxylation is 1. The Hall–Kier alpha value is -2.09. The molecule has 4 heteroatoms. The van der Waals surface area contributed by atoms with Crippen LogP contribution < -0.4 is 0 Å². The van der Waals surface area contributed by atoms with Crippen LogP contribution in [0, 0.1) is 18.8 Å². The Kier molecular flexibility index (Phi) is 5.38.